The van der Waals surface area contributed by atoms with Gasteiger partial charge in [0, 0.05) is 6.54 Å². The monoisotopic (exact) mass is 328 g/mol. The molecule has 2 amide bonds. The van der Waals surface area contributed by atoms with Crippen molar-refractivity contribution in [1.29, 1.82) is 0 Å². The Morgan fingerprint density at radius 3 is 2.75 bits per heavy atom. The summed E-state index contributed by atoms with van der Waals surface area (Å²) >= 11 is 0. The number of hydrogen-bond donors (Lipinski definition) is 0. The van der Waals surface area contributed by atoms with E-state index in [0.717, 1.165) is 0 Å². The number of furan rings is 1. The van der Waals surface area contributed by atoms with E-state index < -0.39 is 6.10 Å². The van der Waals surface area contributed by atoms with Crippen LogP contribution in [0.1, 0.15) is 19.6 Å². The van der Waals surface area contributed by atoms with Crippen molar-refractivity contribution < 1.29 is 18.7 Å². The van der Waals surface area contributed by atoms with Gasteiger partial charge >= 0.3 is 0 Å². The van der Waals surface area contributed by atoms with Crippen molar-refractivity contribution in [3.8, 4) is 5.75 Å². The highest BCUT2D eigenvalue weighted by Crippen LogP contribution is 2.33. The summed E-state index contributed by atoms with van der Waals surface area (Å²) in [7, 11) is 0. The first-order chi connectivity index (χ1) is 11.6. The van der Waals surface area contributed by atoms with Crippen LogP contribution in [0.15, 0.2) is 47.1 Å². The van der Waals surface area contributed by atoms with Crippen LogP contribution >= 0.6 is 0 Å². The molecule has 0 saturated carbocycles. The molecule has 0 radical (unpaired) electrons. The molecule has 24 heavy (non-hydrogen) atoms. The van der Waals surface area contributed by atoms with E-state index in [-0.39, 0.29) is 18.4 Å². The number of anilines is 1. The van der Waals surface area contributed by atoms with Crippen molar-refractivity contribution in [2.75, 3.05) is 18.0 Å². The van der Waals surface area contributed by atoms with Gasteiger partial charge in [-0.2, -0.15) is 0 Å². The van der Waals surface area contributed by atoms with Gasteiger partial charge in [0.05, 0.1) is 18.5 Å². The summed E-state index contributed by atoms with van der Waals surface area (Å²) in [4.78, 5) is 28.3. The van der Waals surface area contributed by atoms with E-state index in [1.165, 1.54) is 4.90 Å². The zero-order chi connectivity index (χ0) is 17.1. The van der Waals surface area contributed by atoms with Crippen molar-refractivity contribution in [3.05, 3.63) is 48.4 Å². The lowest BCUT2D eigenvalue weighted by atomic mass is 10.2. The van der Waals surface area contributed by atoms with E-state index in [2.05, 4.69) is 0 Å². The minimum Gasteiger partial charge on any atom is -0.479 e. The SMILES string of the molecule is CCN(Cc1ccco1)C(=O)CN1C(=O)C(C)Oc2ccccc21. The molecule has 1 aliphatic rings. The van der Waals surface area contributed by atoms with Crippen LogP contribution in [-0.2, 0) is 16.1 Å². The Labute approximate surface area is 140 Å². The zero-order valence-electron chi connectivity index (χ0n) is 13.8. The van der Waals surface area contributed by atoms with Gasteiger partial charge in [0.15, 0.2) is 6.10 Å². The zero-order valence-corrected chi connectivity index (χ0v) is 13.8. The minimum absolute atomic E-state index is 0.0158. The molecule has 1 aromatic carbocycles. The van der Waals surface area contributed by atoms with Gasteiger partial charge in [-0.15, -0.1) is 0 Å². The number of ether oxygens (including phenoxy) is 1. The highest BCUT2D eigenvalue weighted by Gasteiger charge is 2.33. The van der Waals surface area contributed by atoms with Gasteiger partial charge in [0.2, 0.25) is 5.91 Å². The van der Waals surface area contributed by atoms with E-state index >= 15 is 0 Å². The second kappa shape index (κ2) is 6.78. The number of likely N-dealkylation sites (N-methyl/N-ethyl adjacent to an activating group) is 1. The molecule has 3 rings (SSSR count). The maximum Gasteiger partial charge on any atom is 0.268 e. The lowest BCUT2D eigenvalue weighted by Crippen LogP contribution is -2.49. The normalized spacial score (nSPS) is 16.5. The van der Waals surface area contributed by atoms with Gasteiger partial charge in [0.25, 0.3) is 5.91 Å². The summed E-state index contributed by atoms with van der Waals surface area (Å²) < 4.78 is 10.9. The smallest absolute Gasteiger partial charge is 0.268 e. The molecular weight excluding hydrogens is 308 g/mol. The Hall–Kier alpha value is -2.76. The molecule has 1 aromatic heterocycles. The van der Waals surface area contributed by atoms with Crippen LogP contribution < -0.4 is 9.64 Å². The Balaban J connectivity index is 1.78. The maximum atomic E-state index is 12.7. The molecule has 0 bridgehead atoms. The molecule has 2 heterocycles. The van der Waals surface area contributed by atoms with Crippen molar-refractivity contribution in [3.63, 3.8) is 0 Å². The van der Waals surface area contributed by atoms with Crippen molar-refractivity contribution in [1.82, 2.24) is 4.90 Å². The quantitative estimate of drug-likeness (QED) is 0.846. The van der Waals surface area contributed by atoms with E-state index in [4.69, 9.17) is 9.15 Å². The summed E-state index contributed by atoms with van der Waals surface area (Å²) in [6.07, 6.45) is 0.977. The Kier molecular flexibility index (Phi) is 4.55. The Morgan fingerprint density at radius 2 is 2.04 bits per heavy atom. The fourth-order valence-corrected chi connectivity index (χ4v) is 2.72. The molecule has 0 spiro atoms. The summed E-state index contributed by atoms with van der Waals surface area (Å²) in [5.74, 6) is 0.987. The van der Waals surface area contributed by atoms with Gasteiger partial charge < -0.3 is 14.1 Å². The first kappa shape index (κ1) is 16.1. The highest BCUT2D eigenvalue weighted by molar-refractivity contribution is 6.03. The van der Waals surface area contributed by atoms with Gasteiger partial charge in [-0.3, -0.25) is 14.5 Å². The predicted molar refractivity (Wildman–Crippen MR) is 88.7 cm³/mol. The molecule has 0 saturated heterocycles. The van der Waals surface area contributed by atoms with Crippen LogP contribution in [0.25, 0.3) is 0 Å². The van der Waals surface area contributed by atoms with Crippen LogP contribution in [0.3, 0.4) is 0 Å². The molecule has 0 N–H and O–H groups in total. The molecule has 1 unspecified atom stereocenters. The topological polar surface area (TPSA) is 63.0 Å². The number of nitrogens with zero attached hydrogens (tertiary/aromatic N) is 2. The van der Waals surface area contributed by atoms with Crippen LogP contribution in [0.2, 0.25) is 0 Å². The van der Waals surface area contributed by atoms with Crippen molar-refractivity contribution in [2.45, 2.75) is 26.5 Å². The molecule has 2 aromatic rings. The first-order valence-electron chi connectivity index (χ1n) is 7.97. The Bertz CT molecular complexity index is 726. The third-order valence-electron chi connectivity index (χ3n) is 4.03. The molecule has 126 valence electrons. The predicted octanol–water partition coefficient (Wildman–Crippen LogP) is 2.44. The molecule has 1 atom stereocenters. The number of fused-ring (bicyclic) bond motifs is 1. The van der Waals surface area contributed by atoms with Crippen molar-refractivity contribution in [2.24, 2.45) is 0 Å². The lowest BCUT2D eigenvalue weighted by molar-refractivity contribution is -0.133. The molecular formula is C18H20N2O4. The molecule has 6 heteroatoms. The number of benzene rings is 1. The van der Waals surface area contributed by atoms with Crippen molar-refractivity contribution >= 4 is 17.5 Å². The number of hydrogen-bond acceptors (Lipinski definition) is 4. The fourth-order valence-electron chi connectivity index (χ4n) is 2.72. The third-order valence-corrected chi connectivity index (χ3v) is 4.03. The number of para-hydroxylation sites is 2. The molecule has 1 aliphatic heterocycles. The van der Waals surface area contributed by atoms with Crippen LogP contribution in [0, 0.1) is 0 Å². The largest absolute Gasteiger partial charge is 0.479 e. The van der Waals surface area contributed by atoms with E-state index in [9.17, 15) is 9.59 Å². The third kappa shape index (κ3) is 3.13. The second-order valence-corrected chi connectivity index (χ2v) is 5.64. The Morgan fingerprint density at radius 1 is 1.25 bits per heavy atom. The first-order valence-corrected chi connectivity index (χ1v) is 7.97. The lowest BCUT2D eigenvalue weighted by Gasteiger charge is -2.33. The number of carbonyl (C=O) groups is 2. The maximum absolute atomic E-state index is 12.7. The fraction of sp³-hybridized carbons (Fsp3) is 0.333. The number of amides is 2. The minimum atomic E-state index is -0.604. The van der Waals surface area contributed by atoms with E-state index in [1.807, 2.05) is 25.1 Å². The summed E-state index contributed by atoms with van der Waals surface area (Å²) in [6.45, 7) is 4.50. The van der Waals surface area contributed by atoms with Crippen LogP contribution in [-0.4, -0.2) is 35.9 Å². The molecule has 0 aliphatic carbocycles. The van der Waals surface area contributed by atoms with Gasteiger partial charge in [-0.1, -0.05) is 12.1 Å². The molecule has 6 nitrogen and oxygen atoms in total. The summed E-state index contributed by atoms with van der Waals surface area (Å²) in [5.41, 5.74) is 0.628. The van der Waals surface area contributed by atoms with E-state index in [1.54, 1.807) is 36.3 Å². The number of rotatable bonds is 5. The van der Waals surface area contributed by atoms with Gasteiger partial charge in [-0.25, -0.2) is 0 Å². The average Bonchev–Trinajstić information content (AvgIpc) is 3.09. The van der Waals surface area contributed by atoms with Crippen LogP contribution in [0.5, 0.6) is 5.75 Å². The average molecular weight is 328 g/mol. The number of carbonyl (C=O) groups excluding carboxylic acids is 2. The van der Waals surface area contributed by atoms with Gasteiger partial charge in [0.1, 0.15) is 18.1 Å². The summed E-state index contributed by atoms with van der Waals surface area (Å²) in [6, 6.07) is 10.9. The van der Waals surface area contributed by atoms with Gasteiger partial charge in [-0.05, 0) is 38.1 Å². The second-order valence-electron chi connectivity index (χ2n) is 5.64. The molecule has 0 fully saturated rings. The van der Waals surface area contributed by atoms with E-state index in [0.29, 0.717) is 30.3 Å². The van der Waals surface area contributed by atoms with Crippen LogP contribution in [0.4, 0.5) is 5.69 Å². The highest BCUT2D eigenvalue weighted by atomic mass is 16.5. The summed E-state index contributed by atoms with van der Waals surface area (Å²) in [5, 5.41) is 0. The standard InChI is InChI=1S/C18H20N2O4/c1-3-19(11-14-7-6-10-23-14)17(21)12-20-15-8-4-5-9-16(15)24-13(2)18(20)22/h4-10,13H,3,11-12H2,1-2H3.